The quantitative estimate of drug-likeness (QED) is 0.0306. The zero-order valence-electron chi connectivity index (χ0n) is 48.7. The van der Waals surface area contributed by atoms with Gasteiger partial charge in [0.05, 0.1) is 24.9 Å². The number of nitrogens with one attached hydrogen (secondary N) is 4. The summed E-state index contributed by atoms with van der Waals surface area (Å²) in [7, 11) is 0. The molecule has 0 aromatic heterocycles. The van der Waals surface area contributed by atoms with Crippen LogP contribution < -0.4 is 26.0 Å². The molecular weight excluding hydrogens is 993 g/mol. The number of aromatic hydroxyl groups is 1. The van der Waals surface area contributed by atoms with E-state index in [1.165, 1.54) is 142 Å². The van der Waals surface area contributed by atoms with Crippen LogP contribution in [0.2, 0.25) is 0 Å². The first-order chi connectivity index (χ1) is 37.1. The molecule has 2 aromatic carbocycles. The van der Waals surface area contributed by atoms with Crippen LogP contribution in [0.4, 0.5) is 0 Å². The van der Waals surface area contributed by atoms with Gasteiger partial charge < -0.3 is 41.3 Å². The average Bonchev–Trinajstić information content (AvgIpc) is 3.36. The van der Waals surface area contributed by atoms with Gasteiger partial charge in [-0.1, -0.05) is 179 Å². The summed E-state index contributed by atoms with van der Waals surface area (Å²) in [5, 5.41) is 38.2. The number of Topliss-reactive ketones (excluding diaryl/α,β-unsaturated/α-hetero) is 2. The Kier molecular flexibility index (Phi) is 38.0. The van der Waals surface area contributed by atoms with Gasteiger partial charge in [-0.2, -0.15) is 0 Å². The van der Waals surface area contributed by atoms with Crippen LogP contribution in [0.15, 0.2) is 48.5 Å². The number of amides is 4. The Morgan fingerprint density at radius 2 is 0.731 bits per heavy atom. The predicted molar refractivity (Wildman–Crippen MR) is 307 cm³/mol. The molecule has 0 saturated heterocycles. The standard InChI is InChI=1S/C33H54N2O6.C29H46N2O6/c1-6-7-8-9-10-11-12-13-14-15-16-17-18-30(37)34-29(32(40)35-28(25(2)36)24-31(38)39)23-26-19-21-27(22-20-26)41-33(3,4)5;1-3-4-5-6-7-8-9-10-11-12-13-14-15-27(34)30-26(20-23-16-18-24(33)19-17-23)29(37)31-25(22(2)32)21-28(35)36/h19-22,28-29H,6-18,23-24H2,1-5H3,(H,34,37)(H,35,40)(H,38,39);16-19,25-26,33H,3-15,20-21H2,1-2H3,(H,30,34)(H,31,37)(H,35,36). The molecular formula is C62H100N4O12. The fraction of sp³-hybridized carbons (Fsp3) is 0.677. The molecule has 16 nitrogen and oxygen atoms in total. The van der Waals surface area contributed by atoms with E-state index in [1.54, 1.807) is 12.1 Å². The van der Waals surface area contributed by atoms with Crippen molar-refractivity contribution in [2.75, 3.05) is 0 Å². The summed E-state index contributed by atoms with van der Waals surface area (Å²) in [5.41, 5.74) is 1.16. The maximum Gasteiger partial charge on any atom is 0.305 e. The second kappa shape index (κ2) is 42.2. The molecule has 7 N–H and O–H groups in total. The third-order valence-corrected chi connectivity index (χ3v) is 13.4. The number of hydrogen-bond acceptors (Lipinski definition) is 10. The summed E-state index contributed by atoms with van der Waals surface area (Å²) in [6.45, 7) is 12.8. The number of hydrogen-bond donors (Lipinski definition) is 7. The molecule has 0 spiro atoms. The second-order valence-electron chi connectivity index (χ2n) is 22.0. The van der Waals surface area contributed by atoms with Gasteiger partial charge in [0, 0.05) is 25.7 Å². The second-order valence-corrected chi connectivity index (χ2v) is 22.0. The van der Waals surface area contributed by atoms with E-state index in [0.717, 1.165) is 44.1 Å². The van der Waals surface area contributed by atoms with Crippen LogP contribution in [0.1, 0.15) is 239 Å². The molecule has 0 radical (unpaired) electrons. The number of carbonyl (C=O) groups is 8. The number of ketones is 2. The fourth-order valence-corrected chi connectivity index (χ4v) is 8.84. The van der Waals surface area contributed by atoms with Crippen molar-refractivity contribution >= 4 is 47.1 Å². The number of carboxylic acid groups (broad SMARTS) is 2. The lowest BCUT2D eigenvalue weighted by molar-refractivity contribution is -0.141. The number of unbranched alkanes of at least 4 members (excludes halogenated alkanes) is 22. The van der Waals surface area contributed by atoms with E-state index in [4.69, 9.17) is 14.9 Å². The Labute approximate surface area is 467 Å². The summed E-state index contributed by atoms with van der Waals surface area (Å²) in [5.74, 6) is -4.23. The lowest BCUT2D eigenvalue weighted by Crippen LogP contribution is -2.52. The highest BCUT2D eigenvalue weighted by molar-refractivity contribution is 5.95. The third kappa shape index (κ3) is 37.1. The Bertz CT molecular complexity index is 2040. The molecule has 4 amide bonds. The smallest absolute Gasteiger partial charge is 0.305 e. The largest absolute Gasteiger partial charge is 0.508 e. The van der Waals surface area contributed by atoms with Gasteiger partial charge in [-0.05, 0) is 82.9 Å². The average molecular weight is 1090 g/mol. The maximum atomic E-state index is 13.1. The summed E-state index contributed by atoms with van der Waals surface area (Å²) in [4.78, 5) is 97.3. The van der Waals surface area contributed by atoms with E-state index < -0.39 is 72.3 Å². The number of carbonyl (C=O) groups excluding carboxylic acids is 6. The van der Waals surface area contributed by atoms with Crippen molar-refractivity contribution in [1.29, 1.82) is 0 Å². The first-order valence-corrected chi connectivity index (χ1v) is 29.3. The van der Waals surface area contributed by atoms with Crippen molar-refractivity contribution in [2.45, 2.75) is 271 Å². The minimum absolute atomic E-state index is 0.0823. The molecule has 0 heterocycles. The number of rotatable bonds is 43. The molecule has 4 atom stereocenters. The first kappa shape index (κ1) is 70.2. The molecule has 78 heavy (non-hydrogen) atoms. The number of aliphatic carboxylic acids is 2. The van der Waals surface area contributed by atoms with Crippen molar-refractivity contribution in [3.63, 3.8) is 0 Å². The van der Waals surface area contributed by atoms with Gasteiger partial charge in [0.1, 0.15) is 29.2 Å². The molecule has 0 fully saturated rings. The Morgan fingerprint density at radius 3 is 1.01 bits per heavy atom. The zero-order chi connectivity index (χ0) is 58.1. The van der Waals surface area contributed by atoms with E-state index >= 15 is 0 Å². The molecule has 16 heteroatoms. The van der Waals surface area contributed by atoms with E-state index in [2.05, 4.69) is 35.1 Å². The van der Waals surface area contributed by atoms with Gasteiger partial charge in [0.15, 0.2) is 11.6 Å². The van der Waals surface area contributed by atoms with Crippen LogP contribution in [0.3, 0.4) is 0 Å². The minimum Gasteiger partial charge on any atom is -0.508 e. The van der Waals surface area contributed by atoms with Crippen LogP contribution in [-0.4, -0.2) is 92.2 Å². The third-order valence-electron chi connectivity index (χ3n) is 13.4. The maximum absolute atomic E-state index is 13.1. The minimum atomic E-state index is -1.20. The predicted octanol–water partition coefficient (Wildman–Crippen LogP) is 11.6. The number of phenolic OH excluding ortho intramolecular Hbond substituents is 1. The lowest BCUT2D eigenvalue weighted by Gasteiger charge is -2.23. The Morgan fingerprint density at radius 1 is 0.436 bits per heavy atom. The highest BCUT2D eigenvalue weighted by Gasteiger charge is 2.29. The van der Waals surface area contributed by atoms with Crippen molar-refractivity contribution in [3.05, 3.63) is 59.7 Å². The van der Waals surface area contributed by atoms with Gasteiger partial charge in [0.2, 0.25) is 23.6 Å². The number of carboxylic acids is 2. The van der Waals surface area contributed by atoms with E-state index in [1.807, 2.05) is 45.0 Å². The Hall–Kier alpha value is -5.80. The topological polar surface area (TPSA) is 255 Å². The number of benzene rings is 2. The molecule has 0 bridgehead atoms. The van der Waals surface area contributed by atoms with E-state index in [-0.39, 0.29) is 36.0 Å². The first-order valence-electron chi connectivity index (χ1n) is 29.3. The van der Waals surface area contributed by atoms with Crippen LogP contribution >= 0.6 is 0 Å². The molecule has 0 aliphatic rings. The van der Waals surface area contributed by atoms with E-state index in [9.17, 15) is 43.5 Å². The van der Waals surface area contributed by atoms with E-state index in [0.29, 0.717) is 24.2 Å². The Balaban J connectivity index is 0.000000784. The summed E-state index contributed by atoms with van der Waals surface area (Å²) >= 11 is 0. The van der Waals surface area contributed by atoms with Gasteiger partial charge in [-0.15, -0.1) is 0 Å². The van der Waals surface area contributed by atoms with Crippen molar-refractivity contribution in [3.8, 4) is 11.5 Å². The van der Waals surface area contributed by atoms with Crippen molar-refractivity contribution < 1.29 is 58.4 Å². The van der Waals surface area contributed by atoms with Crippen LogP contribution in [0.5, 0.6) is 11.5 Å². The monoisotopic (exact) mass is 1090 g/mol. The molecule has 2 aromatic rings. The summed E-state index contributed by atoms with van der Waals surface area (Å²) < 4.78 is 5.86. The highest BCUT2D eigenvalue weighted by Crippen LogP contribution is 2.20. The number of ether oxygens (including phenoxy) is 1. The fourth-order valence-electron chi connectivity index (χ4n) is 8.84. The summed E-state index contributed by atoms with van der Waals surface area (Å²) in [6, 6.07) is 9.33. The highest BCUT2D eigenvalue weighted by atomic mass is 16.5. The van der Waals surface area contributed by atoms with Gasteiger partial charge in [0.25, 0.3) is 0 Å². The zero-order valence-corrected chi connectivity index (χ0v) is 48.7. The van der Waals surface area contributed by atoms with Gasteiger partial charge in [-0.3, -0.25) is 38.4 Å². The number of phenols is 1. The molecule has 0 aliphatic carbocycles. The molecule has 2 rings (SSSR count). The van der Waals surface area contributed by atoms with Crippen LogP contribution in [0.25, 0.3) is 0 Å². The summed E-state index contributed by atoms with van der Waals surface area (Å²) in [6.07, 6.45) is 28.6. The van der Waals surface area contributed by atoms with Crippen molar-refractivity contribution in [2.24, 2.45) is 0 Å². The normalized spacial score (nSPS) is 12.7. The van der Waals surface area contributed by atoms with Gasteiger partial charge >= 0.3 is 11.9 Å². The van der Waals surface area contributed by atoms with Gasteiger partial charge in [-0.25, -0.2) is 0 Å². The molecule has 0 saturated carbocycles. The van der Waals surface area contributed by atoms with Crippen molar-refractivity contribution in [1.82, 2.24) is 21.3 Å². The van der Waals surface area contributed by atoms with Crippen LogP contribution in [0, 0.1) is 0 Å². The lowest BCUT2D eigenvalue weighted by atomic mass is 10.0. The molecule has 440 valence electrons. The SMILES string of the molecule is CCCCCCCCCCCCCCC(=O)NC(Cc1ccc(O)cc1)C(=O)NC(CC(=O)O)C(C)=O.CCCCCCCCCCCCCCC(=O)NC(Cc1ccc(OC(C)(C)C)cc1)C(=O)NC(CC(=O)O)C(C)=O. The molecule has 4 unspecified atom stereocenters. The van der Waals surface area contributed by atoms with Crippen LogP contribution in [-0.2, 0) is 51.2 Å². The molecule has 0 aliphatic heterocycles.